The van der Waals surface area contributed by atoms with Crippen LogP contribution in [0.2, 0.25) is 0 Å². The molecule has 3 aromatic rings. The lowest BCUT2D eigenvalue weighted by Gasteiger charge is -2.33. The Morgan fingerprint density at radius 2 is 1.88 bits per heavy atom. The number of likely N-dealkylation sites (tertiary alicyclic amines) is 1. The zero-order valence-electron chi connectivity index (χ0n) is 17.8. The maximum Gasteiger partial charge on any atom is 0.417 e. The second-order valence-corrected chi connectivity index (χ2v) is 8.52. The topological polar surface area (TPSA) is 68.2 Å². The van der Waals surface area contributed by atoms with Gasteiger partial charge in [0, 0.05) is 36.8 Å². The number of pyridine rings is 1. The van der Waals surface area contributed by atoms with Gasteiger partial charge >= 0.3 is 6.18 Å². The summed E-state index contributed by atoms with van der Waals surface area (Å²) in [5.41, 5.74) is 1.36. The van der Waals surface area contributed by atoms with E-state index in [0.717, 1.165) is 30.7 Å². The van der Waals surface area contributed by atoms with E-state index in [-0.39, 0.29) is 29.9 Å². The third kappa shape index (κ3) is 4.15. The molecule has 3 atom stereocenters. The van der Waals surface area contributed by atoms with Crippen LogP contribution in [0.3, 0.4) is 0 Å². The Hall–Kier alpha value is -3.49. The fraction of sp³-hybridized carbons (Fsp3) is 0.333. The van der Waals surface area contributed by atoms with Crippen LogP contribution in [0.1, 0.15) is 34.3 Å². The van der Waals surface area contributed by atoms with E-state index in [0.29, 0.717) is 23.5 Å². The zero-order chi connectivity index (χ0) is 23.2. The highest BCUT2D eigenvalue weighted by Crippen LogP contribution is 2.41. The van der Waals surface area contributed by atoms with Crippen LogP contribution in [-0.2, 0) is 6.18 Å². The Morgan fingerprint density at radius 1 is 1.09 bits per heavy atom. The van der Waals surface area contributed by atoms with Crippen LogP contribution in [-0.4, -0.2) is 44.4 Å². The van der Waals surface area contributed by atoms with Gasteiger partial charge in [-0.15, -0.1) is 0 Å². The average molecular weight is 454 g/mol. The van der Waals surface area contributed by atoms with Crippen molar-refractivity contribution < 1.29 is 22.7 Å². The summed E-state index contributed by atoms with van der Waals surface area (Å²) in [6.07, 6.45) is 0.799. The summed E-state index contributed by atoms with van der Waals surface area (Å²) < 4.78 is 44.3. The SMILES string of the molecule is Cc1ccc(C(=O)N2CC3CC(Oc4ccc(C(F)(F)F)cn4)C2C3)c(-c2ncccn2)c1. The first-order chi connectivity index (χ1) is 15.8. The summed E-state index contributed by atoms with van der Waals surface area (Å²) >= 11 is 0. The van der Waals surface area contributed by atoms with Crippen LogP contribution < -0.4 is 4.74 Å². The number of hydrogen-bond acceptors (Lipinski definition) is 5. The molecule has 6 nitrogen and oxygen atoms in total. The molecule has 3 heterocycles. The number of aromatic nitrogens is 3. The molecule has 1 aliphatic carbocycles. The van der Waals surface area contributed by atoms with E-state index in [4.69, 9.17) is 4.74 Å². The van der Waals surface area contributed by atoms with Crippen LogP contribution in [0, 0.1) is 12.8 Å². The molecule has 1 aliphatic heterocycles. The lowest BCUT2D eigenvalue weighted by Crippen LogP contribution is -2.47. The Bertz CT molecular complexity index is 1170. The van der Waals surface area contributed by atoms with Crippen molar-refractivity contribution >= 4 is 5.91 Å². The third-order valence-electron chi connectivity index (χ3n) is 6.23. The van der Waals surface area contributed by atoms with E-state index in [1.54, 1.807) is 29.4 Å². The molecule has 33 heavy (non-hydrogen) atoms. The standard InChI is InChI=1S/C24H21F3N4O2/c1-14-3-5-17(18(9-14)22-28-7-2-8-29-22)23(32)31-13-15-10-19(31)20(11-15)33-21-6-4-16(12-30-21)24(25,26)27/h2-9,12,15,19-20H,10-11,13H2,1H3. The molecule has 1 saturated heterocycles. The smallest absolute Gasteiger partial charge is 0.417 e. The van der Waals surface area contributed by atoms with Crippen molar-refractivity contribution in [2.75, 3.05) is 6.54 Å². The molecule has 9 heteroatoms. The summed E-state index contributed by atoms with van der Waals surface area (Å²) in [5, 5.41) is 0. The van der Waals surface area contributed by atoms with E-state index in [1.807, 2.05) is 19.1 Å². The van der Waals surface area contributed by atoms with Gasteiger partial charge in [-0.05, 0) is 49.9 Å². The number of carbonyl (C=O) groups excluding carboxylic acids is 1. The second-order valence-electron chi connectivity index (χ2n) is 8.52. The highest BCUT2D eigenvalue weighted by atomic mass is 19.4. The maximum absolute atomic E-state index is 13.6. The van der Waals surface area contributed by atoms with Crippen LogP contribution in [0.5, 0.6) is 5.88 Å². The summed E-state index contributed by atoms with van der Waals surface area (Å²) in [4.78, 5) is 27.8. The van der Waals surface area contributed by atoms with Gasteiger partial charge in [0.25, 0.3) is 5.91 Å². The number of alkyl halides is 3. The van der Waals surface area contributed by atoms with Gasteiger partial charge in [0.15, 0.2) is 5.82 Å². The number of nitrogens with zero attached hydrogens (tertiary/aromatic N) is 4. The van der Waals surface area contributed by atoms with Gasteiger partial charge in [0.05, 0.1) is 17.2 Å². The fourth-order valence-electron chi connectivity index (χ4n) is 4.72. The van der Waals surface area contributed by atoms with Crippen molar-refractivity contribution in [1.82, 2.24) is 19.9 Å². The molecule has 2 aromatic heterocycles. The largest absolute Gasteiger partial charge is 0.472 e. The molecular weight excluding hydrogens is 433 g/mol. The van der Waals surface area contributed by atoms with Crippen molar-refractivity contribution in [1.29, 1.82) is 0 Å². The summed E-state index contributed by atoms with van der Waals surface area (Å²) in [6, 6.07) is 9.31. The van der Waals surface area contributed by atoms with Crippen molar-refractivity contribution in [3.8, 4) is 17.3 Å². The molecule has 170 valence electrons. The quantitative estimate of drug-likeness (QED) is 0.579. The predicted octanol–water partition coefficient (Wildman–Crippen LogP) is 4.55. The van der Waals surface area contributed by atoms with Crippen molar-refractivity contribution in [3.63, 3.8) is 0 Å². The van der Waals surface area contributed by atoms with Gasteiger partial charge in [-0.3, -0.25) is 4.79 Å². The minimum absolute atomic E-state index is 0.126. The molecule has 1 amide bonds. The molecular formula is C24H21F3N4O2. The van der Waals surface area contributed by atoms with Crippen LogP contribution in [0.15, 0.2) is 55.0 Å². The highest BCUT2D eigenvalue weighted by molar-refractivity contribution is 6.00. The Balaban J connectivity index is 1.37. The van der Waals surface area contributed by atoms with Crippen molar-refractivity contribution in [2.24, 2.45) is 5.92 Å². The second kappa shape index (κ2) is 8.13. The molecule has 3 unspecified atom stereocenters. The van der Waals surface area contributed by atoms with E-state index in [9.17, 15) is 18.0 Å². The lowest BCUT2D eigenvalue weighted by atomic mass is 10.0. The molecule has 0 N–H and O–H groups in total. The molecule has 5 rings (SSSR count). The summed E-state index contributed by atoms with van der Waals surface area (Å²) in [5.74, 6) is 0.760. The summed E-state index contributed by atoms with van der Waals surface area (Å²) in [7, 11) is 0. The number of aryl methyl sites for hydroxylation is 1. The Morgan fingerprint density at radius 3 is 2.55 bits per heavy atom. The number of ether oxygens (including phenoxy) is 1. The van der Waals surface area contributed by atoms with Gasteiger partial charge in [0.2, 0.25) is 5.88 Å². The lowest BCUT2D eigenvalue weighted by molar-refractivity contribution is -0.137. The number of piperidine rings is 1. The fourth-order valence-corrected chi connectivity index (χ4v) is 4.72. The molecule has 1 saturated carbocycles. The molecule has 0 spiro atoms. The van der Waals surface area contributed by atoms with E-state index in [1.165, 1.54) is 6.07 Å². The average Bonchev–Trinajstić information content (AvgIpc) is 3.40. The first kappa shape index (κ1) is 21.4. The zero-order valence-corrected chi connectivity index (χ0v) is 17.8. The predicted molar refractivity (Wildman–Crippen MR) is 113 cm³/mol. The minimum Gasteiger partial charge on any atom is -0.472 e. The maximum atomic E-state index is 13.6. The van der Waals surface area contributed by atoms with E-state index < -0.39 is 11.7 Å². The molecule has 0 radical (unpaired) electrons. The number of benzene rings is 1. The van der Waals surface area contributed by atoms with Gasteiger partial charge in [-0.2, -0.15) is 13.2 Å². The third-order valence-corrected chi connectivity index (χ3v) is 6.23. The Kier molecular flexibility index (Phi) is 5.26. The number of rotatable bonds is 4. The molecule has 2 bridgehead atoms. The van der Waals surface area contributed by atoms with E-state index >= 15 is 0 Å². The van der Waals surface area contributed by atoms with Crippen molar-refractivity contribution in [2.45, 2.75) is 38.1 Å². The van der Waals surface area contributed by atoms with Gasteiger partial charge in [0.1, 0.15) is 6.10 Å². The number of carbonyl (C=O) groups is 1. The Labute approximate surface area is 188 Å². The van der Waals surface area contributed by atoms with E-state index in [2.05, 4.69) is 15.0 Å². The number of fused-ring (bicyclic) bond motifs is 2. The number of hydrogen-bond donors (Lipinski definition) is 0. The van der Waals surface area contributed by atoms with Crippen molar-refractivity contribution in [3.05, 3.63) is 71.7 Å². The van der Waals surface area contributed by atoms with Gasteiger partial charge in [-0.1, -0.05) is 11.6 Å². The van der Waals surface area contributed by atoms with Gasteiger partial charge < -0.3 is 9.64 Å². The van der Waals surface area contributed by atoms with Crippen LogP contribution >= 0.6 is 0 Å². The minimum atomic E-state index is -4.45. The molecule has 2 fully saturated rings. The van der Waals surface area contributed by atoms with Crippen LogP contribution in [0.25, 0.3) is 11.4 Å². The molecule has 2 aliphatic rings. The molecule has 1 aromatic carbocycles. The van der Waals surface area contributed by atoms with Crippen LogP contribution in [0.4, 0.5) is 13.2 Å². The first-order valence-electron chi connectivity index (χ1n) is 10.7. The monoisotopic (exact) mass is 454 g/mol. The highest BCUT2D eigenvalue weighted by Gasteiger charge is 2.48. The van der Waals surface area contributed by atoms with Gasteiger partial charge in [-0.25, -0.2) is 15.0 Å². The normalized spacial score (nSPS) is 21.9. The number of amides is 1. The number of halogens is 3. The summed E-state index contributed by atoms with van der Waals surface area (Å²) in [6.45, 7) is 2.56. The first-order valence-corrected chi connectivity index (χ1v) is 10.7.